The third kappa shape index (κ3) is 3.84. The molecule has 3 heteroatoms. The van der Waals surface area contributed by atoms with Crippen LogP contribution in [0, 0.1) is 5.41 Å². The second kappa shape index (κ2) is 6.01. The zero-order valence-corrected chi connectivity index (χ0v) is 11.7. The number of carbonyl (C=O) groups excluding carboxylic acids is 1. The molecule has 0 saturated heterocycles. The molecule has 100 valence electrons. The summed E-state index contributed by atoms with van der Waals surface area (Å²) in [5.41, 5.74) is 5.84. The van der Waals surface area contributed by atoms with Gasteiger partial charge in [0, 0.05) is 11.0 Å². The zero-order chi connectivity index (χ0) is 13.8. The van der Waals surface area contributed by atoms with Crippen molar-refractivity contribution in [2.45, 2.75) is 40.2 Å². The fraction of sp³-hybridized carbons (Fsp3) is 0.533. The van der Waals surface area contributed by atoms with E-state index in [2.05, 4.69) is 0 Å². The summed E-state index contributed by atoms with van der Waals surface area (Å²) in [5.74, 6) is 0.919. The molecule has 0 bridgehead atoms. The Balaban J connectivity index is 2.82. The third-order valence-corrected chi connectivity index (χ3v) is 2.87. The first-order valence-electron chi connectivity index (χ1n) is 6.38. The van der Waals surface area contributed by atoms with Crippen LogP contribution in [0.25, 0.3) is 0 Å². The van der Waals surface area contributed by atoms with Gasteiger partial charge in [-0.3, -0.25) is 4.79 Å². The van der Waals surface area contributed by atoms with Gasteiger partial charge in [0.05, 0.1) is 6.10 Å². The molecule has 0 atom stereocenters. The third-order valence-electron chi connectivity index (χ3n) is 2.87. The van der Waals surface area contributed by atoms with Gasteiger partial charge in [0.15, 0.2) is 5.78 Å². The number of hydrogen-bond acceptors (Lipinski definition) is 3. The first-order chi connectivity index (χ1) is 8.36. The summed E-state index contributed by atoms with van der Waals surface area (Å²) >= 11 is 0. The second-order valence-corrected chi connectivity index (χ2v) is 5.44. The number of rotatable bonds is 6. The maximum Gasteiger partial charge on any atom is 0.168 e. The Morgan fingerprint density at radius 1 is 1.28 bits per heavy atom. The van der Waals surface area contributed by atoms with Crippen molar-refractivity contribution in [3.63, 3.8) is 0 Å². The number of Topliss-reactive ketones (excluding diaryl/α,β-unsaturated/α-hetero) is 1. The fourth-order valence-electron chi connectivity index (χ4n) is 1.82. The number of hydrogen-bond donors (Lipinski definition) is 1. The van der Waals surface area contributed by atoms with Gasteiger partial charge < -0.3 is 10.5 Å². The van der Waals surface area contributed by atoms with E-state index in [1.807, 2.05) is 52.0 Å². The lowest BCUT2D eigenvalue weighted by atomic mass is 9.81. The van der Waals surface area contributed by atoms with Crippen LogP contribution in [0.2, 0.25) is 0 Å². The van der Waals surface area contributed by atoms with Gasteiger partial charge in [-0.2, -0.15) is 0 Å². The van der Waals surface area contributed by atoms with Crippen LogP contribution < -0.4 is 10.5 Å². The van der Waals surface area contributed by atoms with E-state index in [0.29, 0.717) is 18.5 Å². The molecule has 0 aromatic heterocycles. The normalized spacial score (nSPS) is 11.7. The number of ether oxygens (including phenoxy) is 1. The van der Waals surface area contributed by atoms with Crippen LogP contribution in [0.15, 0.2) is 24.3 Å². The molecule has 1 rings (SSSR count). The smallest absolute Gasteiger partial charge is 0.168 e. The van der Waals surface area contributed by atoms with E-state index < -0.39 is 5.41 Å². The van der Waals surface area contributed by atoms with Crippen molar-refractivity contribution in [3.05, 3.63) is 29.8 Å². The summed E-state index contributed by atoms with van der Waals surface area (Å²) in [6, 6.07) is 7.31. The Labute approximate surface area is 109 Å². The maximum absolute atomic E-state index is 12.3. The Hall–Kier alpha value is -1.35. The lowest BCUT2D eigenvalue weighted by Gasteiger charge is -2.22. The van der Waals surface area contributed by atoms with Gasteiger partial charge in [0.2, 0.25) is 0 Å². The molecule has 0 spiro atoms. The molecule has 0 aliphatic heterocycles. The van der Waals surface area contributed by atoms with Crippen LogP contribution in [-0.4, -0.2) is 18.4 Å². The molecular weight excluding hydrogens is 226 g/mol. The summed E-state index contributed by atoms with van der Waals surface area (Å²) < 4.78 is 5.55. The molecule has 1 aromatic carbocycles. The Bertz CT molecular complexity index is 393. The molecule has 0 unspecified atom stereocenters. The van der Waals surface area contributed by atoms with Gasteiger partial charge in [-0.15, -0.1) is 0 Å². The van der Waals surface area contributed by atoms with Crippen molar-refractivity contribution in [1.82, 2.24) is 0 Å². The highest BCUT2D eigenvalue weighted by Crippen LogP contribution is 2.26. The monoisotopic (exact) mass is 249 g/mol. The molecule has 1 aromatic rings. The SMILES string of the molecule is CC(C)Oc1ccc(C(=O)C(C)(C)CCN)cc1. The van der Waals surface area contributed by atoms with Gasteiger partial charge in [0.25, 0.3) is 0 Å². The second-order valence-electron chi connectivity index (χ2n) is 5.44. The Morgan fingerprint density at radius 3 is 2.28 bits per heavy atom. The quantitative estimate of drug-likeness (QED) is 0.788. The summed E-state index contributed by atoms with van der Waals surface area (Å²) in [6.45, 7) is 8.33. The first-order valence-corrected chi connectivity index (χ1v) is 6.38. The van der Waals surface area contributed by atoms with E-state index in [0.717, 1.165) is 5.75 Å². The molecule has 0 amide bonds. The first kappa shape index (κ1) is 14.7. The molecule has 0 aliphatic carbocycles. The molecular formula is C15H23NO2. The minimum absolute atomic E-state index is 0.129. The summed E-state index contributed by atoms with van der Waals surface area (Å²) in [4.78, 5) is 12.3. The van der Waals surface area contributed by atoms with Crippen molar-refractivity contribution in [3.8, 4) is 5.75 Å². The van der Waals surface area contributed by atoms with Crippen LogP contribution in [-0.2, 0) is 0 Å². The van der Waals surface area contributed by atoms with Crippen LogP contribution in [0.5, 0.6) is 5.75 Å². The molecule has 18 heavy (non-hydrogen) atoms. The standard InChI is InChI=1S/C15H23NO2/c1-11(2)18-13-7-5-12(6-8-13)14(17)15(3,4)9-10-16/h5-8,11H,9-10,16H2,1-4H3. The van der Waals surface area contributed by atoms with E-state index in [1.165, 1.54) is 0 Å². The molecule has 2 N–H and O–H groups in total. The van der Waals surface area contributed by atoms with Gasteiger partial charge in [-0.05, 0) is 51.1 Å². The van der Waals surface area contributed by atoms with Crippen molar-refractivity contribution < 1.29 is 9.53 Å². The van der Waals surface area contributed by atoms with Crippen molar-refractivity contribution in [1.29, 1.82) is 0 Å². The summed E-state index contributed by atoms with van der Waals surface area (Å²) in [6.07, 6.45) is 0.830. The van der Waals surface area contributed by atoms with Gasteiger partial charge in [-0.25, -0.2) is 0 Å². The summed E-state index contributed by atoms with van der Waals surface area (Å²) in [7, 11) is 0. The highest BCUT2D eigenvalue weighted by molar-refractivity contribution is 6.00. The van der Waals surface area contributed by atoms with Gasteiger partial charge in [0.1, 0.15) is 5.75 Å². The van der Waals surface area contributed by atoms with Crippen LogP contribution >= 0.6 is 0 Å². The highest BCUT2D eigenvalue weighted by atomic mass is 16.5. The van der Waals surface area contributed by atoms with E-state index >= 15 is 0 Å². The van der Waals surface area contributed by atoms with Crippen LogP contribution in [0.1, 0.15) is 44.5 Å². The molecule has 0 fully saturated rings. The Kier molecular flexibility index (Phi) is 4.91. The minimum Gasteiger partial charge on any atom is -0.491 e. The number of nitrogens with two attached hydrogens (primary N) is 1. The van der Waals surface area contributed by atoms with Gasteiger partial charge >= 0.3 is 0 Å². The summed E-state index contributed by atoms with van der Waals surface area (Å²) in [5, 5.41) is 0. The zero-order valence-electron chi connectivity index (χ0n) is 11.7. The van der Waals surface area contributed by atoms with Crippen molar-refractivity contribution >= 4 is 5.78 Å². The van der Waals surface area contributed by atoms with E-state index in [9.17, 15) is 4.79 Å². The van der Waals surface area contributed by atoms with Crippen molar-refractivity contribution in [2.24, 2.45) is 11.1 Å². The van der Waals surface area contributed by atoms with Gasteiger partial charge in [-0.1, -0.05) is 13.8 Å². The number of carbonyl (C=O) groups is 1. The number of benzene rings is 1. The fourth-order valence-corrected chi connectivity index (χ4v) is 1.82. The lowest BCUT2D eigenvalue weighted by molar-refractivity contribution is 0.0829. The molecule has 0 aliphatic rings. The van der Waals surface area contributed by atoms with E-state index in [-0.39, 0.29) is 11.9 Å². The average molecular weight is 249 g/mol. The predicted octanol–water partition coefficient (Wildman–Crippen LogP) is 3.03. The topological polar surface area (TPSA) is 52.3 Å². The minimum atomic E-state index is -0.408. The maximum atomic E-state index is 12.3. The average Bonchev–Trinajstić information content (AvgIpc) is 2.28. The van der Waals surface area contributed by atoms with Crippen molar-refractivity contribution in [2.75, 3.05) is 6.54 Å². The molecule has 0 heterocycles. The van der Waals surface area contributed by atoms with Crippen LogP contribution in [0.4, 0.5) is 0 Å². The molecule has 0 radical (unpaired) electrons. The van der Waals surface area contributed by atoms with E-state index in [1.54, 1.807) is 0 Å². The number of ketones is 1. The largest absolute Gasteiger partial charge is 0.491 e. The van der Waals surface area contributed by atoms with E-state index in [4.69, 9.17) is 10.5 Å². The lowest BCUT2D eigenvalue weighted by Crippen LogP contribution is -2.27. The van der Waals surface area contributed by atoms with Crippen LogP contribution in [0.3, 0.4) is 0 Å². The highest BCUT2D eigenvalue weighted by Gasteiger charge is 2.27. The molecule has 3 nitrogen and oxygen atoms in total. The molecule has 0 saturated carbocycles. The predicted molar refractivity (Wildman–Crippen MR) is 74.0 cm³/mol. The Morgan fingerprint density at radius 2 is 1.83 bits per heavy atom.